The zero-order chi connectivity index (χ0) is 15.2. The zero-order valence-corrected chi connectivity index (χ0v) is 13.2. The minimum absolute atomic E-state index is 0.396. The molecule has 0 bridgehead atoms. The van der Waals surface area contributed by atoms with Crippen molar-refractivity contribution in [1.82, 2.24) is 19.7 Å². The van der Waals surface area contributed by atoms with Gasteiger partial charge in [-0.25, -0.2) is 0 Å². The molecule has 1 aromatic heterocycles. The number of ether oxygens (including phenoxy) is 1. The first-order valence-corrected chi connectivity index (χ1v) is 8.03. The molecule has 0 atom stereocenters. The lowest BCUT2D eigenvalue weighted by molar-refractivity contribution is -0.00294. The molecule has 5 nitrogen and oxygen atoms in total. The van der Waals surface area contributed by atoms with Gasteiger partial charge in [-0.2, -0.15) is 0 Å². The van der Waals surface area contributed by atoms with Gasteiger partial charge in [-0.3, -0.25) is 0 Å². The summed E-state index contributed by atoms with van der Waals surface area (Å²) >= 11 is 0. The SMILES string of the molecule is Cc1nncn1CCN1CCC(OCc2ccccc2)CC1. The highest BCUT2D eigenvalue weighted by molar-refractivity contribution is 5.13. The summed E-state index contributed by atoms with van der Waals surface area (Å²) in [5, 5.41) is 7.95. The number of aromatic nitrogens is 3. The van der Waals surface area contributed by atoms with Gasteiger partial charge in [0.05, 0.1) is 12.7 Å². The number of likely N-dealkylation sites (tertiary alicyclic amines) is 1. The lowest BCUT2D eigenvalue weighted by Gasteiger charge is -2.32. The topological polar surface area (TPSA) is 43.2 Å². The van der Waals surface area contributed by atoms with E-state index in [0.717, 1.165) is 51.5 Å². The number of nitrogens with zero attached hydrogens (tertiary/aromatic N) is 4. The van der Waals surface area contributed by atoms with Gasteiger partial charge in [0.15, 0.2) is 0 Å². The molecule has 1 aromatic carbocycles. The fraction of sp³-hybridized carbons (Fsp3) is 0.529. The Bertz CT molecular complexity index is 561. The maximum absolute atomic E-state index is 6.03. The molecule has 0 N–H and O–H groups in total. The van der Waals surface area contributed by atoms with E-state index < -0.39 is 0 Å². The van der Waals surface area contributed by atoms with Crippen molar-refractivity contribution in [3.8, 4) is 0 Å². The maximum atomic E-state index is 6.03. The fourth-order valence-electron chi connectivity index (χ4n) is 2.87. The third-order valence-corrected chi connectivity index (χ3v) is 4.33. The largest absolute Gasteiger partial charge is 0.373 e. The van der Waals surface area contributed by atoms with E-state index in [0.29, 0.717) is 6.10 Å². The van der Waals surface area contributed by atoms with Crippen LogP contribution in [0.4, 0.5) is 0 Å². The second kappa shape index (κ2) is 7.51. The van der Waals surface area contributed by atoms with Gasteiger partial charge in [-0.05, 0) is 25.3 Å². The third-order valence-electron chi connectivity index (χ3n) is 4.33. The van der Waals surface area contributed by atoms with E-state index in [-0.39, 0.29) is 0 Å². The van der Waals surface area contributed by atoms with E-state index >= 15 is 0 Å². The van der Waals surface area contributed by atoms with Gasteiger partial charge in [0.1, 0.15) is 12.2 Å². The van der Waals surface area contributed by atoms with Crippen molar-refractivity contribution in [1.29, 1.82) is 0 Å². The summed E-state index contributed by atoms with van der Waals surface area (Å²) in [6, 6.07) is 10.4. The highest BCUT2D eigenvalue weighted by Crippen LogP contribution is 2.15. The maximum Gasteiger partial charge on any atom is 0.129 e. The van der Waals surface area contributed by atoms with Crippen LogP contribution in [0.25, 0.3) is 0 Å². The van der Waals surface area contributed by atoms with E-state index in [9.17, 15) is 0 Å². The molecule has 1 aliphatic heterocycles. The summed E-state index contributed by atoms with van der Waals surface area (Å²) in [5.74, 6) is 0.987. The highest BCUT2D eigenvalue weighted by atomic mass is 16.5. The predicted molar refractivity (Wildman–Crippen MR) is 85.5 cm³/mol. The van der Waals surface area contributed by atoms with E-state index in [1.54, 1.807) is 0 Å². The standard InChI is InChI=1S/C17H24N4O/c1-15-19-18-14-21(15)12-11-20-9-7-17(8-10-20)22-13-16-5-3-2-4-6-16/h2-6,14,17H,7-13H2,1H3. The number of rotatable bonds is 6. The Hall–Kier alpha value is -1.72. The van der Waals surface area contributed by atoms with Gasteiger partial charge >= 0.3 is 0 Å². The Balaban J connectivity index is 1.36. The predicted octanol–water partition coefficient (Wildman–Crippen LogP) is 2.27. The van der Waals surface area contributed by atoms with Crippen molar-refractivity contribution in [2.75, 3.05) is 19.6 Å². The fourth-order valence-corrected chi connectivity index (χ4v) is 2.87. The smallest absolute Gasteiger partial charge is 0.129 e. The summed E-state index contributed by atoms with van der Waals surface area (Å²) in [5.41, 5.74) is 1.26. The van der Waals surface area contributed by atoms with Crippen LogP contribution in [0.3, 0.4) is 0 Å². The molecule has 2 aromatic rings. The molecule has 0 amide bonds. The lowest BCUT2D eigenvalue weighted by atomic mass is 10.1. The van der Waals surface area contributed by atoms with Crippen molar-refractivity contribution in [3.05, 3.63) is 48.0 Å². The van der Waals surface area contributed by atoms with E-state index in [1.165, 1.54) is 5.56 Å². The molecule has 1 fully saturated rings. The van der Waals surface area contributed by atoms with Crippen molar-refractivity contribution in [2.45, 2.75) is 39.0 Å². The van der Waals surface area contributed by atoms with Crippen LogP contribution in [0.1, 0.15) is 24.2 Å². The van der Waals surface area contributed by atoms with Crippen LogP contribution in [0.15, 0.2) is 36.7 Å². The van der Waals surface area contributed by atoms with Crippen LogP contribution in [-0.2, 0) is 17.9 Å². The quantitative estimate of drug-likeness (QED) is 0.821. The van der Waals surface area contributed by atoms with Crippen LogP contribution in [0.2, 0.25) is 0 Å². The van der Waals surface area contributed by atoms with Gasteiger partial charge in [0.25, 0.3) is 0 Å². The first-order valence-electron chi connectivity index (χ1n) is 8.03. The summed E-state index contributed by atoms with van der Waals surface area (Å²) in [6.07, 6.45) is 4.45. The van der Waals surface area contributed by atoms with E-state index in [4.69, 9.17) is 4.74 Å². The third kappa shape index (κ3) is 4.15. The minimum Gasteiger partial charge on any atom is -0.373 e. The van der Waals surface area contributed by atoms with Crippen LogP contribution < -0.4 is 0 Å². The number of hydrogen-bond donors (Lipinski definition) is 0. The molecule has 5 heteroatoms. The highest BCUT2D eigenvalue weighted by Gasteiger charge is 2.19. The second-order valence-electron chi connectivity index (χ2n) is 5.91. The molecule has 2 heterocycles. The van der Waals surface area contributed by atoms with Crippen LogP contribution in [0.5, 0.6) is 0 Å². The van der Waals surface area contributed by atoms with Crippen molar-refractivity contribution in [2.24, 2.45) is 0 Å². The molecule has 0 radical (unpaired) electrons. The normalized spacial score (nSPS) is 17.0. The zero-order valence-electron chi connectivity index (χ0n) is 13.2. The van der Waals surface area contributed by atoms with Gasteiger partial charge < -0.3 is 14.2 Å². The average molecular weight is 300 g/mol. The summed E-state index contributed by atoms with van der Waals surface area (Å²) in [4.78, 5) is 2.50. The van der Waals surface area contributed by atoms with Crippen LogP contribution >= 0.6 is 0 Å². The Morgan fingerprint density at radius 2 is 1.91 bits per heavy atom. The monoisotopic (exact) mass is 300 g/mol. The number of benzene rings is 1. The Morgan fingerprint density at radius 1 is 1.14 bits per heavy atom. The van der Waals surface area contributed by atoms with Gasteiger partial charge in [-0.15, -0.1) is 10.2 Å². The molecule has 3 rings (SSSR count). The minimum atomic E-state index is 0.396. The Labute approximate surface area is 131 Å². The van der Waals surface area contributed by atoms with Crippen LogP contribution in [-0.4, -0.2) is 45.4 Å². The summed E-state index contributed by atoms with van der Waals surface area (Å²) in [7, 11) is 0. The van der Waals surface area contributed by atoms with Gasteiger partial charge in [0.2, 0.25) is 0 Å². The second-order valence-corrected chi connectivity index (χ2v) is 5.91. The van der Waals surface area contributed by atoms with Gasteiger partial charge in [-0.1, -0.05) is 30.3 Å². The molecule has 1 saturated heterocycles. The van der Waals surface area contributed by atoms with E-state index in [1.807, 2.05) is 19.3 Å². The number of piperidine rings is 1. The molecular weight excluding hydrogens is 276 g/mol. The van der Waals surface area contributed by atoms with Crippen molar-refractivity contribution < 1.29 is 4.74 Å². The first-order chi connectivity index (χ1) is 10.8. The van der Waals surface area contributed by atoms with E-state index in [2.05, 4.69) is 43.9 Å². The average Bonchev–Trinajstić information content (AvgIpc) is 2.98. The van der Waals surface area contributed by atoms with Crippen molar-refractivity contribution in [3.63, 3.8) is 0 Å². The Morgan fingerprint density at radius 3 is 2.59 bits per heavy atom. The van der Waals surface area contributed by atoms with Crippen molar-refractivity contribution >= 4 is 0 Å². The molecule has 0 aliphatic carbocycles. The molecule has 22 heavy (non-hydrogen) atoms. The number of aryl methyl sites for hydroxylation is 1. The molecule has 0 unspecified atom stereocenters. The first kappa shape index (κ1) is 15.2. The van der Waals surface area contributed by atoms with Gasteiger partial charge in [0, 0.05) is 26.2 Å². The molecule has 118 valence electrons. The van der Waals surface area contributed by atoms with Crippen LogP contribution in [0, 0.1) is 6.92 Å². The summed E-state index contributed by atoms with van der Waals surface area (Å²) in [6.45, 7) is 6.97. The number of hydrogen-bond acceptors (Lipinski definition) is 4. The molecule has 0 saturated carbocycles. The summed E-state index contributed by atoms with van der Waals surface area (Å²) < 4.78 is 8.14. The molecular formula is C17H24N4O. The molecule has 0 spiro atoms. The molecule has 1 aliphatic rings. The Kier molecular flexibility index (Phi) is 5.19. The lowest BCUT2D eigenvalue weighted by Crippen LogP contribution is -2.38.